The molecule has 1 spiro atoms. The Balaban J connectivity index is 1.98. The number of hydrogen-bond acceptors (Lipinski definition) is 3. The molecule has 160 valence electrons. The van der Waals surface area contributed by atoms with Gasteiger partial charge in [-0.25, -0.2) is 0 Å². The molecule has 1 aromatic carbocycles. The molecule has 0 bridgehead atoms. The second-order valence-electron chi connectivity index (χ2n) is 8.19. The van der Waals surface area contributed by atoms with Crippen LogP contribution in [0.5, 0.6) is 0 Å². The highest BCUT2D eigenvalue weighted by atomic mass is 19.4. The molecule has 0 unspecified atom stereocenters. The summed E-state index contributed by atoms with van der Waals surface area (Å²) >= 11 is 0. The first-order chi connectivity index (χ1) is 13.7. The van der Waals surface area contributed by atoms with E-state index in [0.717, 1.165) is 25.3 Å². The molecular weight excluding hydrogens is 385 g/mol. The van der Waals surface area contributed by atoms with E-state index < -0.39 is 35.0 Å². The van der Waals surface area contributed by atoms with Crippen molar-refractivity contribution >= 4 is 11.8 Å². The fourth-order valence-electron chi connectivity index (χ4n) is 4.14. The van der Waals surface area contributed by atoms with Crippen molar-refractivity contribution < 1.29 is 27.5 Å². The maximum atomic E-state index is 13.5. The molecule has 8 heteroatoms. The van der Waals surface area contributed by atoms with Gasteiger partial charge in [-0.05, 0) is 43.7 Å². The third-order valence-corrected chi connectivity index (χ3v) is 5.56. The quantitative estimate of drug-likeness (QED) is 0.814. The minimum Gasteiger partial charge on any atom is -0.354 e. The van der Waals surface area contributed by atoms with Crippen LogP contribution in [0.1, 0.15) is 61.9 Å². The third-order valence-electron chi connectivity index (χ3n) is 5.56. The van der Waals surface area contributed by atoms with Crippen LogP contribution in [0.4, 0.5) is 13.2 Å². The van der Waals surface area contributed by atoms with E-state index in [9.17, 15) is 22.8 Å². The molecule has 1 N–H and O–H groups in total. The van der Waals surface area contributed by atoms with E-state index in [2.05, 4.69) is 5.32 Å². The molecule has 1 heterocycles. The van der Waals surface area contributed by atoms with Crippen LogP contribution in [0.25, 0.3) is 0 Å². The zero-order chi connectivity index (χ0) is 21.2. The Morgan fingerprint density at radius 2 is 1.86 bits per heavy atom. The molecule has 1 aliphatic heterocycles. The van der Waals surface area contributed by atoms with Gasteiger partial charge in [0.2, 0.25) is 5.91 Å². The maximum Gasteiger partial charge on any atom is 0.417 e. The molecule has 5 nitrogen and oxygen atoms in total. The Morgan fingerprint density at radius 3 is 2.48 bits per heavy atom. The van der Waals surface area contributed by atoms with Crippen molar-refractivity contribution in [2.24, 2.45) is 5.92 Å². The number of benzene rings is 1. The number of rotatable bonds is 4. The van der Waals surface area contributed by atoms with Crippen molar-refractivity contribution in [2.75, 3.05) is 13.2 Å². The summed E-state index contributed by atoms with van der Waals surface area (Å²) in [7, 11) is 0. The van der Waals surface area contributed by atoms with E-state index in [1.54, 1.807) is 0 Å². The van der Waals surface area contributed by atoms with Gasteiger partial charge in [-0.15, -0.1) is 0 Å². The van der Waals surface area contributed by atoms with E-state index in [0.29, 0.717) is 19.4 Å². The first kappa shape index (κ1) is 21.6. The molecule has 1 saturated heterocycles. The summed E-state index contributed by atoms with van der Waals surface area (Å²) in [6, 6.07) is 3.78. The van der Waals surface area contributed by atoms with Crippen molar-refractivity contribution in [1.29, 1.82) is 0 Å². The summed E-state index contributed by atoms with van der Waals surface area (Å²) in [5.74, 6) is -0.985. The molecule has 0 radical (unpaired) electrons. The molecule has 0 aromatic heterocycles. The monoisotopic (exact) mass is 412 g/mol. The van der Waals surface area contributed by atoms with Crippen LogP contribution < -0.4 is 5.32 Å². The predicted octanol–water partition coefficient (Wildman–Crippen LogP) is 3.98. The molecule has 1 aromatic rings. The van der Waals surface area contributed by atoms with E-state index in [1.807, 2.05) is 13.8 Å². The largest absolute Gasteiger partial charge is 0.417 e. The molecule has 1 saturated carbocycles. The Morgan fingerprint density at radius 1 is 1.21 bits per heavy atom. The number of alkyl halides is 3. The number of amides is 2. The summed E-state index contributed by atoms with van der Waals surface area (Å²) in [5.41, 5.74) is -2.46. The van der Waals surface area contributed by atoms with E-state index >= 15 is 0 Å². The number of carbonyl (C=O) groups is 2. The summed E-state index contributed by atoms with van der Waals surface area (Å²) < 4.78 is 46.5. The van der Waals surface area contributed by atoms with Crippen LogP contribution in [0, 0.1) is 5.92 Å². The van der Waals surface area contributed by atoms with Gasteiger partial charge in [0, 0.05) is 6.54 Å². The first-order valence-corrected chi connectivity index (χ1v) is 10.1. The number of nitrogens with one attached hydrogen (secondary N) is 1. The van der Waals surface area contributed by atoms with Crippen LogP contribution in [0.2, 0.25) is 0 Å². The fourth-order valence-corrected chi connectivity index (χ4v) is 4.14. The molecule has 3 rings (SSSR count). The van der Waals surface area contributed by atoms with E-state index in [-0.39, 0.29) is 18.4 Å². The topological polar surface area (TPSA) is 58.6 Å². The van der Waals surface area contributed by atoms with Crippen molar-refractivity contribution in [2.45, 2.75) is 63.9 Å². The highest BCUT2D eigenvalue weighted by Crippen LogP contribution is 2.42. The van der Waals surface area contributed by atoms with Gasteiger partial charge in [-0.3, -0.25) is 14.5 Å². The SMILES string of the molecule is CC(C)CNC(=O)[C@H]1COC2(CCCCC2)N1C(=O)c1ccccc1C(F)(F)F. The highest BCUT2D eigenvalue weighted by molar-refractivity contribution is 5.99. The number of nitrogens with zero attached hydrogens (tertiary/aromatic N) is 1. The minimum absolute atomic E-state index is 0.0101. The molecular formula is C21H27F3N2O3. The molecule has 29 heavy (non-hydrogen) atoms. The third kappa shape index (κ3) is 4.42. The average Bonchev–Trinajstić information content (AvgIpc) is 3.03. The van der Waals surface area contributed by atoms with Crippen LogP contribution in [-0.4, -0.2) is 41.6 Å². The highest BCUT2D eigenvalue weighted by Gasteiger charge is 2.53. The number of hydrogen-bond donors (Lipinski definition) is 1. The lowest BCUT2D eigenvalue weighted by Gasteiger charge is -2.41. The van der Waals surface area contributed by atoms with Gasteiger partial charge in [0.15, 0.2) is 0 Å². The van der Waals surface area contributed by atoms with Crippen molar-refractivity contribution in [3.8, 4) is 0 Å². The Hall–Kier alpha value is -2.09. The standard InChI is InChI=1S/C21H27F3N2O3/c1-14(2)12-25-18(27)17-13-29-20(10-6-3-7-11-20)26(17)19(28)15-8-4-5-9-16(15)21(22,23)24/h4-5,8-9,14,17H,3,6-7,10-13H2,1-2H3,(H,25,27)/t17-/m1/s1. The van der Waals surface area contributed by atoms with Gasteiger partial charge in [0.25, 0.3) is 5.91 Å². The van der Waals surface area contributed by atoms with Crippen LogP contribution >= 0.6 is 0 Å². The molecule has 1 atom stereocenters. The summed E-state index contributed by atoms with van der Waals surface area (Å²) in [6.45, 7) is 4.29. The summed E-state index contributed by atoms with van der Waals surface area (Å²) in [5, 5.41) is 2.79. The van der Waals surface area contributed by atoms with Crippen LogP contribution in [0.15, 0.2) is 24.3 Å². The number of carbonyl (C=O) groups excluding carboxylic acids is 2. The number of halogens is 3. The average molecular weight is 412 g/mol. The summed E-state index contributed by atoms with van der Waals surface area (Å²) in [4.78, 5) is 27.5. The van der Waals surface area contributed by atoms with Gasteiger partial charge in [0.1, 0.15) is 11.8 Å². The lowest BCUT2D eigenvalue weighted by molar-refractivity contribution is -0.138. The smallest absolute Gasteiger partial charge is 0.354 e. The maximum absolute atomic E-state index is 13.5. The van der Waals surface area contributed by atoms with Crippen LogP contribution in [0.3, 0.4) is 0 Å². The Labute approximate surface area is 168 Å². The molecule has 2 amide bonds. The normalized spacial score (nSPS) is 21.6. The van der Waals surface area contributed by atoms with Crippen LogP contribution in [-0.2, 0) is 15.7 Å². The lowest BCUT2D eigenvalue weighted by atomic mass is 9.89. The van der Waals surface area contributed by atoms with E-state index in [4.69, 9.17) is 4.74 Å². The van der Waals surface area contributed by atoms with Crippen molar-refractivity contribution in [3.63, 3.8) is 0 Å². The van der Waals surface area contributed by atoms with Gasteiger partial charge < -0.3 is 10.1 Å². The second-order valence-corrected chi connectivity index (χ2v) is 8.19. The first-order valence-electron chi connectivity index (χ1n) is 10.1. The Bertz CT molecular complexity index is 758. The molecule has 2 fully saturated rings. The van der Waals surface area contributed by atoms with Crippen molar-refractivity contribution in [1.82, 2.24) is 10.2 Å². The van der Waals surface area contributed by atoms with Gasteiger partial charge in [-0.2, -0.15) is 13.2 Å². The molecule has 2 aliphatic rings. The lowest BCUT2D eigenvalue weighted by Crippen LogP contribution is -2.56. The predicted molar refractivity (Wildman–Crippen MR) is 101 cm³/mol. The van der Waals surface area contributed by atoms with Crippen molar-refractivity contribution in [3.05, 3.63) is 35.4 Å². The van der Waals surface area contributed by atoms with Gasteiger partial charge in [-0.1, -0.05) is 32.4 Å². The van der Waals surface area contributed by atoms with Gasteiger partial charge >= 0.3 is 6.18 Å². The minimum atomic E-state index is -4.66. The second kappa shape index (κ2) is 8.34. The zero-order valence-electron chi connectivity index (χ0n) is 16.7. The zero-order valence-corrected chi connectivity index (χ0v) is 16.7. The van der Waals surface area contributed by atoms with Gasteiger partial charge in [0.05, 0.1) is 17.7 Å². The Kier molecular flexibility index (Phi) is 6.22. The number of ether oxygens (including phenoxy) is 1. The van der Waals surface area contributed by atoms with E-state index in [1.165, 1.54) is 23.1 Å². The molecule has 1 aliphatic carbocycles. The fraction of sp³-hybridized carbons (Fsp3) is 0.619. The summed E-state index contributed by atoms with van der Waals surface area (Å²) in [6.07, 6.45) is -1.07.